The summed E-state index contributed by atoms with van der Waals surface area (Å²) in [6.45, 7) is 2.14. The number of nitrogens with two attached hydrogens (primary N) is 1. The Bertz CT molecular complexity index is 468. The maximum absolute atomic E-state index is 11.6. The molecule has 1 saturated heterocycles. The first-order chi connectivity index (χ1) is 10.1. The number of rotatable bonds is 6. The van der Waals surface area contributed by atoms with Gasteiger partial charge in [0.05, 0.1) is 13.1 Å². The van der Waals surface area contributed by atoms with E-state index >= 15 is 0 Å². The number of carbonyl (C=O) groups is 2. The van der Waals surface area contributed by atoms with Crippen LogP contribution >= 0.6 is 0 Å². The zero-order valence-electron chi connectivity index (χ0n) is 12.3. The summed E-state index contributed by atoms with van der Waals surface area (Å²) < 4.78 is 0. The third-order valence-corrected chi connectivity index (χ3v) is 3.90. The second-order valence-electron chi connectivity index (χ2n) is 5.65. The Morgan fingerprint density at radius 2 is 1.86 bits per heavy atom. The fourth-order valence-electron chi connectivity index (χ4n) is 2.74. The molecule has 1 aliphatic heterocycles. The van der Waals surface area contributed by atoms with E-state index in [0.717, 1.165) is 32.4 Å². The lowest BCUT2D eigenvalue weighted by Gasteiger charge is -2.31. The lowest BCUT2D eigenvalue weighted by molar-refractivity contribution is -0.125. The summed E-state index contributed by atoms with van der Waals surface area (Å²) in [6, 6.07) is 10.5. The molecule has 0 atom stereocenters. The molecule has 1 heterocycles. The predicted octanol–water partition coefficient (Wildman–Crippen LogP) is 0.543. The minimum absolute atomic E-state index is 0.0801. The molecule has 0 saturated carbocycles. The van der Waals surface area contributed by atoms with Gasteiger partial charge in [-0.1, -0.05) is 30.3 Å². The van der Waals surface area contributed by atoms with E-state index in [-0.39, 0.29) is 12.5 Å². The maximum Gasteiger partial charge on any atom is 0.236 e. The number of hydrogen-bond donors (Lipinski definition) is 2. The number of nitrogens with zero attached hydrogens (tertiary/aromatic N) is 1. The molecule has 0 spiro atoms. The van der Waals surface area contributed by atoms with Crippen LogP contribution in [0.4, 0.5) is 0 Å². The SMILES string of the molecule is NC(=O)CNC(=O)CN1CCC(Cc2ccccc2)CC1. The van der Waals surface area contributed by atoms with Gasteiger partial charge in [-0.05, 0) is 43.8 Å². The highest BCUT2D eigenvalue weighted by Crippen LogP contribution is 2.21. The smallest absolute Gasteiger partial charge is 0.236 e. The minimum Gasteiger partial charge on any atom is -0.368 e. The monoisotopic (exact) mass is 289 g/mol. The lowest BCUT2D eigenvalue weighted by atomic mass is 9.90. The molecule has 0 aromatic heterocycles. The van der Waals surface area contributed by atoms with Crippen LogP contribution in [0.25, 0.3) is 0 Å². The van der Waals surface area contributed by atoms with Gasteiger partial charge in [0.15, 0.2) is 0 Å². The summed E-state index contributed by atoms with van der Waals surface area (Å²) in [6.07, 6.45) is 3.33. The summed E-state index contributed by atoms with van der Waals surface area (Å²) in [5, 5.41) is 2.53. The van der Waals surface area contributed by atoms with Crippen molar-refractivity contribution in [3.63, 3.8) is 0 Å². The number of amides is 2. The van der Waals surface area contributed by atoms with Crippen LogP contribution < -0.4 is 11.1 Å². The molecule has 5 heteroatoms. The van der Waals surface area contributed by atoms with Gasteiger partial charge in [0, 0.05) is 0 Å². The first-order valence-electron chi connectivity index (χ1n) is 7.45. The van der Waals surface area contributed by atoms with E-state index in [9.17, 15) is 9.59 Å². The average Bonchev–Trinajstić information content (AvgIpc) is 2.48. The number of benzene rings is 1. The molecule has 0 bridgehead atoms. The summed E-state index contributed by atoms with van der Waals surface area (Å²) in [5.74, 6) is 0.0533. The Balaban J connectivity index is 1.68. The first kappa shape index (κ1) is 15.5. The zero-order chi connectivity index (χ0) is 15.1. The van der Waals surface area contributed by atoms with Gasteiger partial charge in [-0.15, -0.1) is 0 Å². The first-order valence-corrected chi connectivity index (χ1v) is 7.45. The van der Waals surface area contributed by atoms with Gasteiger partial charge in [0.2, 0.25) is 11.8 Å². The number of hydrogen-bond acceptors (Lipinski definition) is 3. The normalized spacial score (nSPS) is 16.6. The van der Waals surface area contributed by atoms with Crippen LogP contribution in [0.2, 0.25) is 0 Å². The Morgan fingerprint density at radius 3 is 2.48 bits per heavy atom. The Morgan fingerprint density at radius 1 is 1.19 bits per heavy atom. The van der Waals surface area contributed by atoms with Crippen molar-refractivity contribution in [2.45, 2.75) is 19.3 Å². The molecule has 3 N–H and O–H groups in total. The molecule has 1 aromatic carbocycles. The van der Waals surface area contributed by atoms with Crippen LogP contribution in [-0.4, -0.2) is 42.9 Å². The van der Waals surface area contributed by atoms with Gasteiger partial charge < -0.3 is 11.1 Å². The lowest BCUT2D eigenvalue weighted by Crippen LogP contribution is -2.43. The largest absolute Gasteiger partial charge is 0.368 e. The Kier molecular flexibility index (Phi) is 5.75. The second-order valence-corrected chi connectivity index (χ2v) is 5.65. The molecule has 1 aromatic rings. The molecule has 21 heavy (non-hydrogen) atoms. The zero-order valence-corrected chi connectivity index (χ0v) is 12.3. The highest BCUT2D eigenvalue weighted by atomic mass is 16.2. The van der Waals surface area contributed by atoms with Crippen LogP contribution in [0.15, 0.2) is 30.3 Å². The Labute approximate surface area is 125 Å². The molecule has 2 amide bonds. The number of likely N-dealkylation sites (tertiary alicyclic amines) is 1. The molecule has 0 radical (unpaired) electrons. The van der Waals surface area contributed by atoms with E-state index in [0.29, 0.717) is 12.5 Å². The third kappa shape index (κ3) is 5.55. The van der Waals surface area contributed by atoms with Gasteiger partial charge in [0.25, 0.3) is 0 Å². The minimum atomic E-state index is -0.509. The van der Waals surface area contributed by atoms with E-state index < -0.39 is 5.91 Å². The van der Waals surface area contributed by atoms with Crippen LogP contribution in [0, 0.1) is 5.92 Å². The number of piperidine rings is 1. The molecule has 5 nitrogen and oxygen atoms in total. The molecule has 1 fully saturated rings. The van der Waals surface area contributed by atoms with Gasteiger partial charge in [-0.25, -0.2) is 0 Å². The van der Waals surface area contributed by atoms with Crippen molar-refractivity contribution in [3.8, 4) is 0 Å². The van der Waals surface area contributed by atoms with Crippen LogP contribution in [0.1, 0.15) is 18.4 Å². The topological polar surface area (TPSA) is 75.4 Å². The van der Waals surface area contributed by atoms with Crippen molar-refractivity contribution in [3.05, 3.63) is 35.9 Å². The maximum atomic E-state index is 11.6. The molecular formula is C16H23N3O2. The average molecular weight is 289 g/mol. The fourth-order valence-corrected chi connectivity index (χ4v) is 2.74. The van der Waals surface area contributed by atoms with E-state index in [2.05, 4.69) is 34.5 Å². The van der Waals surface area contributed by atoms with Crippen LogP contribution in [0.5, 0.6) is 0 Å². The van der Waals surface area contributed by atoms with Crippen molar-refractivity contribution < 1.29 is 9.59 Å². The number of nitrogens with one attached hydrogen (secondary N) is 1. The van der Waals surface area contributed by atoms with Gasteiger partial charge in [-0.3, -0.25) is 14.5 Å². The van der Waals surface area contributed by atoms with Crippen molar-refractivity contribution in [1.29, 1.82) is 0 Å². The van der Waals surface area contributed by atoms with Gasteiger partial charge in [0.1, 0.15) is 0 Å². The van der Waals surface area contributed by atoms with Crippen molar-refractivity contribution in [2.24, 2.45) is 11.7 Å². The van der Waals surface area contributed by atoms with Gasteiger partial charge >= 0.3 is 0 Å². The van der Waals surface area contributed by atoms with E-state index in [1.165, 1.54) is 5.56 Å². The van der Waals surface area contributed by atoms with E-state index in [1.807, 2.05) is 6.07 Å². The summed E-state index contributed by atoms with van der Waals surface area (Å²) in [5.41, 5.74) is 6.38. The van der Waals surface area contributed by atoms with Crippen molar-refractivity contribution in [1.82, 2.24) is 10.2 Å². The molecule has 114 valence electrons. The van der Waals surface area contributed by atoms with E-state index in [1.54, 1.807) is 0 Å². The summed E-state index contributed by atoms with van der Waals surface area (Å²) >= 11 is 0. The van der Waals surface area contributed by atoms with E-state index in [4.69, 9.17) is 5.73 Å². The fraction of sp³-hybridized carbons (Fsp3) is 0.500. The van der Waals surface area contributed by atoms with Crippen LogP contribution in [-0.2, 0) is 16.0 Å². The van der Waals surface area contributed by atoms with Gasteiger partial charge in [-0.2, -0.15) is 0 Å². The molecular weight excluding hydrogens is 266 g/mol. The van der Waals surface area contributed by atoms with Crippen LogP contribution in [0.3, 0.4) is 0 Å². The second kappa shape index (κ2) is 7.78. The van der Waals surface area contributed by atoms with Crippen molar-refractivity contribution >= 4 is 11.8 Å². The van der Waals surface area contributed by atoms with Crippen molar-refractivity contribution in [2.75, 3.05) is 26.2 Å². The highest BCUT2D eigenvalue weighted by Gasteiger charge is 2.20. The molecule has 0 unspecified atom stereocenters. The third-order valence-electron chi connectivity index (χ3n) is 3.90. The summed E-state index contributed by atoms with van der Waals surface area (Å²) in [4.78, 5) is 24.4. The standard InChI is InChI=1S/C16H23N3O2/c17-15(20)11-18-16(21)12-19-8-6-14(7-9-19)10-13-4-2-1-3-5-13/h1-5,14H,6-12H2,(H2,17,20)(H,18,21). The predicted molar refractivity (Wildman–Crippen MR) is 81.5 cm³/mol. The molecule has 2 rings (SSSR count). The molecule has 1 aliphatic rings. The molecule has 0 aliphatic carbocycles. The highest BCUT2D eigenvalue weighted by molar-refractivity contribution is 5.84. The number of primary amides is 1. The number of carbonyl (C=O) groups excluding carboxylic acids is 2. The summed E-state index contributed by atoms with van der Waals surface area (Å²) in [7, 11) is 0. The quantitative estimate of drug-likeness (QED) is 0.802. The Hall–Kier alpha value is -1.88.